The van der Waals surface area contributed by atoms with Crippen molar-refractivity contribution in [1.82, 2.24) is 0 Å². The van der Waals surface area contributed by atoms with Crippen molar-refractivity contribution in [2.24, 2.45) is 0 Å². The summed E-state index contributed by atoms with van der Waals surface area (Å²) in [6.07, 6.45) is 1.01. The zero-order valence-electron chi connectivity index (χ0n) is 10.3. The molecule has 0 aliphatic carbocycles. The molecule has 0 bridgehead atoms. The van der Waals surface area contributed by atoms with Crippen LogP contribution in [0, 0.1) is 0 Å². The van der Waals surface area contributed by atoms with Crippen LogP contribution in [0.4, 0.5) is 0 Å². The van der Waals surface area contributed by atoms with Gasteiger partial charge in [0.15, 0.2) is 0 Å². The molecule has 0 spiro atoms. The van der Waals surface area contributed by atoms with E-state index in [1.165, 1.54) is 16.7 Å². The van der Waals surface area contributed by atoms with Gasteiger partial charge in [-0.3, -0.25) is 0 Å². The fourth-order valence-corrected chi connectivity index (χ4v) is 2.18. The van der Waals surface area contributed by atoms with E-state index in [9.17, 15) is 0 Å². The number of ether oxygens (including phenoxy) is 2. The summed E-state index contributed by atoms with van der Waals surface area (Å²) in [4.78, 5) is 0. The Bertz CT molecular complexity index is 520. The third kappa shape index (κ3) is 2.54. The molecule has 2 nitrogen and oxygen atoms in total. The van der Waals surface area contributed by atoms with Crippen LogP contribution in [-0.4, -0.2) is 6.61 Å². The zero-order valence-corrected chi connectivity index (χ0v) is 10.3. The third-order valence-corrected chi connectivity index (χ3v) is 3.20. The second-order valence-corrected chi connectivity index (χ2v) is 4.51. The molecule has 1 heterocycles. The van der Waals surface area contributed by atoms with Gasteiger partial charge in [-0.1, -0.05) is 36.4 Å². The molecule has 0 radical (unpaired) electrons. The van der Waals surface area contributed by atoms with Gasteiger partial charge in [-0.15, -0.1) is 0 Å². The van der Waals surface area contributed by atoms with Crippen molar-refractivity contribution in [2.75, 3.05) is 6.61 Å². The maximum absolute atomic E-state index is 5.80. The van der Waals surface area contributed by atoms with Gasteiger partial charge in [0.25, 0.3) is 0 Å². The molecule has 0 amide bonds. The molecular formula is C16H16O2. The van der Waals surface area contributed by atoms with E-state index in [-0.39, 0.29) is 0 Å². The molecule has 0 fully saturated rings. The normalized spacial score (nSPS) is 14.0. The molecule has 0 N–H and O–H groups in total. The maximum Gasteiger partial charge on any atom is 0.120 e. The first kappa shape index (κ1) is 11.3. The van der Waals surface area contributed by atoms with E-state index in [1.807, 2.05) is 24.3 Å². The maximum atomic E-state index is 5.80. The van der Waals surface area contributed by atoms with E-state index < -0.39 is 0 Å². The van der Waals surface area contributed by atoms with Crippen LogP contribution in [-0.2, 0) is 24.4 Å². The van der Waals surface area contributed by atoms with Crippen molar-refractivity contribution in [1.29, 1.82) is 0 Å². The molecule has 1 aliphatic heterocycles. The Balaban J connectivity index is 1.70. The average Bonchev–Trinajstić information content (AvgIpc) is 2.46. The van der Waals surface area contributed by atoms with Gasteiger partial charge in [-0.2, -0.15) is 0 Å². The standard InChI is InChI=1S/C16H16O2/c1-2-4-13(5-3-1)11-18-16-7-6-14-8-9-17-12-15(14)10-16/h1-7,10H,8-9,11-12H2. The highest BCUT2D eigenvalue weighted by molar-refractivity contribution is 5.36. The summed E-state index contributed by atoms with van der Waals surface area (Å²) in [6.45, 7) is 2.15. The van der Waals surface area contributed by atoms with Crippen LogP contribution < -0.4 is 4.74 Å². The lowest BCUT2D eigenvalue weighted by Gasteiger charge is -2.17. The largest absolute Gasteiger partial charge is 0.489 e. The molecule has 2 aromatic carbocycles. The van der Waals surface area contributed by atoms with Crippen molar-refractivity contribution in [3.63, 3.8) is 0 Å². The first-order valence-electron chi connectivity index (χ1n) is 6.28. The van der Waals surface area contributed by atoms with Crippen molar-refractivity contribution < 1.29 is 9.47 Å². The average molecular weight is 240 g/mol. The van der Waals surface area contributed by atoms with E-state index in [2.05, 4.69) is 24.3 Å². The summed E-state index contributed by atoms with van der Waals surface area (Å²) in [5.41, 5.74) is 3.83. The number of fused-ring (bicyclic) bond motifs is 1. The van der Waals surface area contributed by atoms with E-state index in [4.69, 9.17) is 9.47 Å². The van der Waals surface area contributed by atoms with Crippen molar-refractivity contribution in [3.8, 4) is 5.75 Å². The Morgan fingerprint density at radius 3 is 2.78 bits per heavy atom. The lowest BCUT2D eigenvalue weighted by Crippen LogP contribution is -2.09. The van der Waals surface area contributed by atoms with Crippen LogP contribution in [0.2, 0.25) is 0 Å². The SMILES string of the molecule is c1ccc(COc2ccc3c(c2)COCC3)cc1. The second kappa shape index (κ2) is 5.23. The number of rotatable bonds is 3. The number of benzene rings is 2. The predicted octanol–water partition coefficient (Wildman–Crippen LogP) is 3.34. The lowest BCUT2D eigenvalue weighted by molar-refractivity contribution is 0.110. The monoisotopic (exact) mass is 240 g/mol. The Labute approximate surface area is 107 Å². The van der Waals surface area contributed by atoms with Gasteiger partial charge in [0.1, 0.15) is 12.4 Å². The lowest BCUT2D eigenvalue weighted by atomic mass is 10.0. The van der Waals surface area contributed by atoms with Crippen LogP contribution in [0.1, 0.15) is 16.7 Å². The molecule has 2 heteroatoms. The first-order valence-corrected chi connectivity index (χ1v) is 6.28. The highest BCUT2D eigenvalue weighted by Crippen LogP contribution is 2.23. The third-order valence-electron chi connectivity index (χ3n) is 3.20. The van der Waals surface area contributed by atoms with Crippen LogP contribution in [0.3, 0.4) is 0 Å². The molecule has 92 valence electrons. The fourth-order valence-electron chi connectivity index (χ4n) is 2.18. The number of hydrogen-bond acceptors (Lipinski definition) is 2. The van der Waals surface area contributed by atoms with Gasteiger partial charge in [-0.05, 0) is 35.2 Å². The summed E-state index contributed by atoms with van der Waals surface area (Å²) in [5, 5.41) is 0. The van der Waals surface area contributed by atoms with Crippen LogP contribution in [0.15, 0.2) is 48.5 Å². The summed E-state index contributed by atoms with van der Waals surface area (Å²) in [7, 11) is 0. The Morgan fingerprint density at radius 1 is 1.00 bits per heavy atom. The topological polar surface area (TPSA) is 18.5 Å². The molecule has 0 saturated carbocycles. The zero-order chi connectivity index (χ0) is 12.2. The van der Waals surface area contributed by atoms with Gasteiger partial charge >= 0.3 is 0 Å². The molecule has 0 saturated heterocycles. The van der Waals surface area contributed by atoms with Crippen LogP contribution in [0.25, 0.3) is 0 Å². The predicted molar refractivity (Wildman–Crippen MR) is 70.6 cm³/mol. The van der Waals surface area contributed by atoms with Crippen LogP contribution >= 0.6 is 0 Å². The molecular weight excluding hydrogens is 224 g/mol. The summed E-state index contributed by atoms with van der Waals surface area (Å²) < 4.78 is 11.3. The highest BCUT2D eigenvalue weighted by atomic mass is 16.5. The van der Waals surface area contributed by atoms with E-state index >= 15 is 0 Å². The number of hydrogen-bond donors (Lipinski definition) is 0. The van der Waals surface area contributed by atoms with E-state index in [0.717, 1.165) is 18.8 Å². The smallest absolute Gasteiger partial charge is 0.120 e. The quantitative estimate of drug-likeness (QED) is 0.819. The Morgan fingerprint density at radius 2 is 1.89 bits per heavy atom. The van der Waals surface area contributed by atoms with Crippen molar-refractivity contribution in [2.45, 2.75) is 19.6 Å². The molecule has 2 aromatic rings. The van der Waals surface area contributed by atoms with Crippen LogP contribution in [0.5, 0.6) is 5.75 Å². The molecule has 18 heavy (non-hydrogen) atoms. The molecule has 0 aromatic heterocycles. The minimum atomic E-state index is 0.612. The van der Waals surface area contributed by atoms with Gasteiger partial charge < -0.3 is 9.47 Å². The first-order chi connectivity index (χ1) is 8.92. The molecule has 0 atom stereocenters. The molecule has 3 rings (SSSR count). The Hall–Kier alpha value is -1.80. The minimum absolute atomic E-state index is 0.612. The van der Waals surface area contributed by atoms with E-state index in [1.54, 1.807) is 0 Å². The second-order valence-electron chi connectivity index (χ2n) is 4.51. The Kier molecular flexibility index (Phi) is 3.29. The fraction of sp³-hybridized carbons (Fsp3) is 0.250. The van der Waals surface area contributed by atoms with Crippen molar-refractivity contribution >= 4 is 0 Å². The van der Waals surface area contributed by atoms with Gasteiger partial charge in [0, 0.05) is 0 Å². The van der Waals surface area contributed by atoms with Gasteiger partial charge in [0.05, 0.1) is 13.2 Å². The van der Waals surface area contributed by atoms with E-state index in [0.29, 0.717) is 13.2 Å². The molecule has 1 aliphatic rings. The summed E-state index contributed by atoms with van der Waals surface area (Å²) >= 11 is 0. The highest BCUT2D eigenvalue weighted by Gasteiger charge is 2.10. The minimum Gasteiger partial charge on any atom is -0.489 e. The van der Waals surface area contributed by atoms with Gasteiger partial charge in [0.2, 0.25) is 0 Å². The van der Waals surface area contributed by atoms with Crippen molar-refractivity contribution in [3.05, 3.63) is 65.2 Å². The van der Waals surface area contributed by atoms with Gasteiger partial charge in [-0.25, -0.2) is 0 Å². The molecule has 0 unspecified atom stereocenters. The summed E-state index contributed by atoms with van der Waals surface area (Å²) in [6, 6.07) is 16.5. The summed E-state index contributed by atoms with van der Waals surface area (Å²) in [5.74, 6) is 0.920.